The number of nitrogens with one attached hydrogen (secondary N) is 1. The van der Waals surface area contributed by atoms with Gasteiger partial charge in [0.15, 0.2) is 0 Å². The zero-order valence-electron chi connectivity index (χ0n) is 12.0. The van der Waals surface area contributed by atoms with Gasteiger partial charge in [-0.2, -0.15) is 0 Å². The van der Waals surface area contributed by atoms with Gasteiger partial charge in [-0.15, -0.1) is 11.3 Å². The van der Waals surface area contributed by atoms with Crippen LogP contribution in [0.15, 0.2) is 0 Å². The Morgan fingerprint density at radius 1 is 1.44 bits per heavy atom. The normalized spacial score (nSPS) is 13.4. The van der Waals surface area contributed by atoms with Gasteiger partial charge >= 0.3 is 5.97 Å². The molecule has 0 saturated carbocycles. The first-order chi connectivity index (χ1) is 8.25. The first kappa shape index (κ1) is 15.1. The molecule has 0 amide bonds. The Kier molecular flexibility index (Phi) is 4.87. The Hall–Kier alpha value is -0.940. The fourth-order valence-corrected chi connectivity index (χ4v) is 2.68. The number of hydrogen-bond acceptors (Lipinski definition) is 5. The van der Waals surface area contributed by atoms with Crippen molar-refractivity contribution in [3.8, 4) is 0 Å². The van der Waals surface area contributed by atoms with Crippen LogP contribution in [-0.4, -0.2) is 24.1 Å². The van der Waals surface area contributed by atoms with E-state index >= 15 is 0 Å². The lowest BCUT2D eigenvalue weighted by molar-refractivity contribution is -0.146. The van der Waals surface area contributed by atoms with Gasteiger partial charge in [0.05, 0.1) is 17.8 Å². The number of aromatic nitrogens is 1. The number of esters is 1. The maximum Gasteiger partial charge on any atom is 0.323 e. The van der Waals surface area contributed by atoms with E-state index in [9.17, 15) is 4.79 Å². The molecule has 1 aromatic heterocycles. The molecule has 1 rings (SSSR count). The number of hydrogen-bond donors (Lipinski definition) is 1. The van der Waals surface area contributed by atoms with Crippen molar-refractivity contribution in [2.24, 2.45) is 5.41 Å². The quantitative estimate of drug-likeness (QED) is 0.854. The Morgan fingerprint density at radius 3 is 2.44 bits per heavy atom. The maximum absolute atomic E-state index is 11.8. The fraction of sp³-hybridized carbons (Fsp3) is 0.692. The predicted molar refractivity (Wildman–Crippen MR) is 73.7 cm³/mol. The average molecular weight is 270 g/mol. The second kappa shape index (κ2) is 5.80. The van der Waals surface area contributed by atoms with Crippen molar-refractivity contribution >= 4 is 17.3 Å². The first-order valence-corrected chi connectivity index (χ1v) is 6.81. The summed E-state index contributed by atoms with van der Waals surface area (Å²) in [6, 6.07) is -0.315. The summed E-state index contributed by atoms with van der Waals surface area (Å²) in [6.07, 6.45) is 0. The number of rotatable bonds is 4. The number of ether oxygens (including phenoxy) is 1. The molecule has 0 aliphatic carbocycles. The molecule has 0 aliphatic heterocycles. The number of nitrogens with zero attached hydrogens (tertiary/aromatic N) is 1. The summed E-state index contributed by atoms with van der Waals surface area (Å²) in [6.45, 7) is 10.7. The summed E-state index contributed by atoms with van der Waals surface area (Å²) >= 11 is 1.66. The zero-order valence-corrected chi connectivity index (χ0v) is 12.8. The molecule has 0 fully saturated rings. The Bertz CT molecular complexity index is 421. The van der Waals surface area contributed by atoms with Crippen molar-refractivity contribution in [2.45, 2.75) is 47.2 Å². The smallest absolute Gasteiger partial charge is 0.323 e. The van der Waals surface area contributed by atoms with Gasteiger partial charge in [-0.1, -0.05) is 20.8 Å². The van der Waals surface area contributed by atoms with Gasteiger partial charge in [0.25, 0.3) is 0 Å². The number of thiazole rings is 1. The Labute approximate surface area is 113 Å². The van der Waals surface area contributed by atoms with Crippen molar-refractivity contribution in [3.63, 3.8) is 0 Å². The summed E-state index contributed by atoms with van der Waals surface area (Å²) < 4.78 is 4.85. The molecule has 0 saturated heterocycles. The second-order valence-electron chi connectivity index (χ2n) is 5.44. The minimum atomic E-state index is -0.315. The van der Waals surface area contributed by atoms with E-state index in [1.165, 1.54) is 12.0 Å². The molecule has 1 heterocycles. The molecule has 0 unspecified atom stereocenters. The lowest BCUT2D eigenvalue weighted by atomic mass is 9.86. The highest BCUT2D eigenvalue weighted by molar-refractivity contribution is 7.11. The van der Waals surface area contributed by atoms with E-state index in [0.29, 0.717) is 6.54 Å². The van der Waals surface area contributed by atoms with Crippen molar-refractivity contribution in [1.82, 2.24) is 10.3 Å². The molecular weight excluding hydrogens is 248 g/mol. The molecule has 0 aliphatic rings. The van der Waals surface area contributed by atoms with Crippen LogP contribution in [0.1, 0.15) is 36.3 Å². The molecule has 1 atom stereocenters. The molecule has 4 nitrogen and oxygen atoms in total. The van der Waals surface area contributed by atoms with Crippen LogP contribution in [0.4, 0.5) is 0 Å². The molecule has 18 heavy (non-hydrogen) atoms. The van der Waals surface area contributed by atoms with E-state index in [0.717, 1.165) is 10.7 Å². The van der Waals surface area contributed by atoms with Crippen LogP contribution in [-0.2, 0) is 16.1 Å². The average Bonchev–Trinajstić information content (AvgIpc) is 2.55. The van der Waals surface area contributed by atoms with E-state index in [2.05, 4.69) is 10.3 Å². The highest BCUT2D eigenvalue weighted by Gasteiger charge is 2.31. The largest absolute Gasteiger partial charge is 0.468 e. The fourth-order valence-electron chi connectivity index (χ4n) is 1.79. The molecular formula is C13H22N2O2S. The van der Waals surface area contributed by atoms with Crippen LogP contribution in [0.5, 0.6) is 0 Å². The maximum atomic E-state index is 11.8. The number of methoxy groups -OCH3 is 1. The molecule has 5 heteroatoms. The van der Waals surface area contributed by atoms with E-state index in [-0.39, 0.29) is 17.4 Å². The van der Waals surface area contributed by atoms with Crippen molar-refractivity contribution < 1.29 is 9.53 Å². The molecule has 1 aromatic rings. The predicted octanol–water partition coefficient (Wildman–Crippen LogP) is 2.44. The van der Waals surface area contributed by atoms with E-state index < -0.39 is 0 Å². The Morgan fingerprint density at radius 2 is 2.06 bits per heavy atom. The highest BCUT2D eigenvalue weighted by atomic mass is 32.1. The van der Waals surface area contributed by atoms with Crippen LogP contribution < -0.4 is 5.32 Å². The molecule has 0 aromatic carbocycles. The van der Waals surface area contributed by atoms with Crippen molar-refractivity contribution in [3.05, 3.63) is 15.6 Å². The summed E-state index contributed by atoms with van der Waals surface area (Å²) in [7, 11) is 1.42. The third-order valence-corrected chi connectivity index (χ3v) is 3.84. The Balaban J connectivity index is 2.74. The van der Waals surface area contributed by atoms with E-state index in [1.54, 1.807) is 11.3 Å². The van der Waals surface area contributed by atoms with Gasteiger partial charge < -0.3 is 4.74 Å². The third kappa shape index (κ3) is 3.78. The number of carbonyl (C=O) groups is 1. The first-order valence-electron chi connectivity index (χ1n) is 6.00. The van der Waals surface area contributed by atoms with Crippen LogP contribution in [0.2, 0.25) is 0 Å². The van der Waals surface area contributed by atoms with Gasteiger partial charge in [0.2, 0.25) is 0 Å². The van der Waals surface area contributed by atoms with Crippen LogP contribution in [0.25, 0.3) is 0 Å². The lowest BCUT2D eigenvalue weighted by Crippen LogP contribution is -2.46. The third-order valence-electron chi connectivity index (χ3n) is 2.77. The second-order valence-corrected chi connectivity index (χ2v) is 6.73. The summed E-state index contributed by atoms with van der Waals surface area (Å²) in [5.74, 6) is -0.221. The van der Waals surface area contributed by atoms with Gasteiger partial charge in [-0.25, -0.2) is 4.98 Å². The lowest BCUT2D eigenvalue weighted by Gasteiger charge is -2.29. The van der Waals surface area contributed by atoms with Crippen LogP contribution in [0, 0.1) is 19.3 Å². The summed E-state index contributed by atoms with van der Waals surface area (Å²) in [5.41, 5.74) is 0.850. The molecule has 0 spiro atoms. The molecule has 0 bridgehead atoms. The van der Waals surface area contributed by atoms with Gasteiger partial charge in [-0.3, -0.25) is 10.1 Å². The molecule has 102 valence electrons. The van der Waals surface area contributed by atoms with Crippen LogP contribution >= 0.6 is 11.3 Å². The highest BCUT2D eigenvalue weighted by Crippen LogP contribution is 2.22. The minimum Gasteiger partial charge on any atom is -0.468 e. The number of aryl methyl sites for hydroxylation is 2. The van der Waals surface area contributed by atoms with E-state index in [4.69, 9.17) is 4.74 Å². The topological polar surface area (TPSA) is 51.2 Å². The molecule has 1 N–H and O–H groups in total. The standard InChI is InChI=1S/C13H22N2O2S/c1-8-10(18-9(2)15-8)7-14-11(12(16)17-6)13(3,4)5/h11,14H,7H2,1-6H3/t11-/m1/s1. The van der Waals surface area contributed by atoms with Crippen molar-refractivity contribution in [1.29, 1.82) is 0 Å². The van der Waals surface area contributed by atoms with E-state index in [1.807, 2.05) is 34.6 Å². The molecule has 0 radical (unpaired) electrons. The summed E-state index contributed by atoms with van der Waals surface area (Å²) in [5, 5.41) is 4.33. The summed E-state index contributed by atoms with van der Waals surface area (Å²) in [4.78, 5) is 17.3. The van der Waals surface area contributed by atoms with Gasteiger partial charge in [0, 0.05) is 11.4 Å². The monoisotopic (exact) mass is 270 g/mol. The number of carbonyl (C=O) groups excluding carboxylic acids is 1. The zero-order chi connectivity index (χ0) is 13.9. The van der Waals surface area contributed by atoms with Gasteiger partial charge in [0.1, 0.15) is 6.04 Å². The van der Waals surface area contributed by atoms with Gasteiger partial charge in [-0.05, 0) is 19.3 Å². The SMILES string of the molecule is COC(=O)[C@@H](NCc1sc(C)nc1C)C(C)(C)C. The minimum absolute atomic E-state index is 0.180. The van der Waals surface area contributed by atoms with Crippen molar-refractivity contribution in [2.75, 3.05) is 7.11 Å². The van der Waals surface area contributed by atoms with Crippen LogP contribution in [0.3, 0.4) is 0 Å².